The Bertz CT molecular complexity index is 1260. The van der Waals surface area contributed by atoms with Crippen LogP contribution in [0.2, 0.25) is 0 Å². The average molecular weight is 489 g/mol. The van der Waals surface area contributed by atoms with Gasteiger partial charge in [0.15, 0.2) is 0 Å². The largest absolute Gasteiger partial charge is 0.373 e. The number of aliphatic hydroxyl groups is 1. The summed E-state index contributed by atoms with van der Waals surface area (Å²) in [6, 6.07) is 4.75. The summed E-state index contributed by atoms with van der Waals surface area (Å²) in [4.78, 5) is 27.0. The number of hydrogen-bond acceptors (Lipinski definition) is 9. The number of benzene rings is 1. The molecule has 2 aromatic heterocycles. The third-order valence-corrected chi connectivity index (χ3v) is 7.54. The number of aliphatic hydroxyl groups excluding tert-OH is 1. The molecule has 33 heavy (non-hydrogen) atoms. The standard InChI is InChI=1S/C21H24N6O4S2/c1-13-22-10-17(32-13)11-25-21(29)19-12-23-16(8-24-19)9-26-33(30,31)18-3-4-20-15(7-18)5-6-27(20)14(2)28/h3-4,7-8,10,12,21,25-26,29H,5-6,9,11H2,1-2H3. The highest BCUT2D eigenvalue weighted by Gasteiger charge is 2.24. The minimum absolute atomic E-state index is 0.0457. The Morgan fingerprint density at radius 1 is 1.21 bits per heavy atom. The summed E-state index contributed by atoms with van der Waals surface area (Å²) in [6.07, 6.45) is 4.19. The van der Waals surface area contributed by atoms with Crippen molar-refractivity contribution in [2.45, 2.75) is 44.5 Å². The smallest absolute Gasteiger partial charge is 0.240 e. The first kappa shape index (κ1) is 23.4. The number of aromatic nitrogens is 3. The fourth-order valence-electron chi connectivity index (χ4n) is 3.51. The molecule has 0 fully saturated rings. The normalized spacial score (nSPS) is 14.3. The van der Waals surface area contributed by atoms with Gasteiger partial charge in [-0.05, 0) is 37.1 Å². The van der Waals surface area contributed by atoms with E-state index < -0.39 is 16.3 Å². The lowest BCUT2D eigenvalue weighted by Crippen LogP contribution is -2.26. The quantitative estimate of drug-likeness (QED) is 0.405. The molecule has 4 rings (SSSR count). The second-order valence-corrected chi connectivity index (χ2v) is 10.7. The number of thiazole rings is 1. The molecule has 1 atom stereocenters. The van der Waals surface area contributed by atoms with Crippen molar-refractivity contribution in [3.63, 3.8) is 0 Å². The van der Waals surface area contributed by atoms with Crippen LogP contribution in [0.3, 0.4) is 0 Å². The third kappa shape index (κ3) is 5.42. The van der Waals surface area contributed by atoms with Gasteiger partial charge in [-0.15, -0.1) is 11.3 Å². The van der Waals surface area contributed by atoms with Crippen LogP contribution in [0.5, 0.6) is 0 Å². The van der Waals surface area contributed by atoms with Gasteiger partial charge in [0.25, 0.3) is 0 Å². The zero-order chi connectivity index (χ0) is 23.6. The first-order valence-electron chi connectivity index (χ1n) is 10.3. The Balaban J connectivity index is 1.35. The summed E-state index contributed by atoms with van der Waals surface area (Å²) in [7, 11) is -3.77. The lowest BCUT2D eigenvalue weighted by molar-refractivity contribution is -0.116. The molecule has 1 aliphatic rings. The van der Waals surface area contributed by atoms with Crippen LogP contribution in [-0.4, -0.2) is 40.9 Å². The number of sulfonamides is 1. The second kappa shape index (κ2) is 9.61. The summed E-state index contributed by atoms with van der Waals surface area (Å²) in [5.74, 6) is -0.0663. The van der Waals surface area contributed by atoms with Crippen molar-refractivity contribution < 1.29 is 18.3 Å². The molecule has 1 aromatic carbocycles. The number of carbonyl (C=O) groups excluding carboxylic acids is 1. The van der Waals surface area contributed by atoms with Crippen LogP contribution in [-0.2, 0) is 34.3 Å². The molecule has 10 nitrogen and oxygen atoms in total. The van der Waals surface area contributed by atoms with Gasteiger partial charge < -0.3 is 10.0 Å². The van der Waals surface area contributed by atoms with Crippen LogP contribution in [0.1, 0.15) is 40.0 Å². The van der Waals surface area contributed by atoms with E-state index in [0.717, 1.165) is 21.1 Å². The molecule has 1 unspecified atom stereocenters. The molecule has 3 heterocycles. The van der Waals surface area contributed by atoms with Gasteiger partial charge in [-0.2, -0.15) is 0 Å². The van der Waals surface area contributed by atoms with Gasteiger partial charge in [0.2, 0.25) is 15.9 Å². The van der Waals surface area contributed by atoms with E-state index in [-0.39, 0.29) is 17.3 Å². The predicted octanol–water partition coefficient (Wildman–Crippen LogP) is 1.41. The maximum atomic E-state index is 12.7. The Hall–Kier alpha value is -2.77. The van der Waals surface area contributed by atoms with E-state index in [0.29, 0.717) is 30.9 Å². The van der Waals surface area contributed by atoms with Crippen LogP contribution < -0.4 is 14.9 Å². The highest BCUT2D eigenvalue weighted by Crippen LogP contribution is 2.30. The molecule has 174 valence electrons. The summed E-state index contributed by atoms with van der Waals surface area (Å²) < 4.78 is 28.0. The Morgan fingerprint density at radius 3 is 2.70 bits per heavy atom. The van der Waals surface area contributed by atoms with E-state index in [2.05, 4.69) is 25.0 Å². The van der Waals surface area contributed by atoms with Crippen molar-refractivity contribution in [3.05, 3.63) is 63.6 Å². The number of nitrogens with zero attached hydrogens (tertiary/aromatic N) is 4. The number of fused-ring (bicyclic) bond motifs is 1. The number of hydrogen-bond donors (Lipinski definition) is 3. The van der Waals surface area contributed by atoms with Crippen molar-refractivity contribution >= 4 is 33.0 Å². The maximum absolute atomic E-state index is 12.7. The topological polar surface area (TPSA) is 137 Å². The maximum Gasteiger partial charge on any atom is 0.240 e. The van der Waals surface area contributed by atoms with Crippen LogP contribution in [0, 0.1) is 6.92 Å². The fraction of sp³-hybridized carbons (Fsp3) is 0.333. The van der Waals surface area contributed by atoms with Gasteiger partial charge >= 0.3 is 0 Å². The molecule has 0 spiro atoms. The fourth-order valence-corrected chi connectivity index (χ4v) is 5.31. The van der Waals surface area contributed by atoms with Crippen molar-refractivity contribution in [3.8, 4) is 0 Å². The second-order valence-electron chi connectivity index (χ2n) is 7.60. The van der Waals surface area contributed by atoms with E-state index in [1.807, 2.05) is 6.92 Å². The van der Waals surface area contributed by atoms with Gasteiger partial charge in [0.05, 0.1) is 34.5 Å². The van der Waals surface area contributed by atoms with Crippen LogP contribution in [0.25, 0.3) is 0 Å². The molecular weight excluding hydrogens is 464 g/mol. The van der Waals surface area contributed by atoms with E-state index in [9.17, 15) is 18.3 Å². The lowest BCUT2D eigenvalue weighted by Gasteiger charge is -2.15. The van der Waals surface area contributed by atoms with Crippen LogP contribution in [0.15, 0.2) is 41.7 Å². The summed E-state index contributed by atoms with van der Waals surface area (Å²) in [5, 5.41) is 14.1. The minimum atomic E-state index is -3.77. The molecule has 3 aromatic rings. The molecule has 0 aliphatic carbocycles. The number of amides is 1. The van der Waals surface area contributed by atoms with Gasteiger partial charge in [-0.1, -0.05) is 0 Å². The Kier molecular flexibility index (Phi) is 6.81. The first-order chi connectivity index (χ1) is 15.7. The molecule has 0 bridgehead atoms. The van der Waals surface area contributed by atoms with Gasteiger partial charge in [0.1, 0.15) is 11.9 Å². The molecule has 0 saturated heterocycles. The zero-order valence-corrected chi connectivity index (χ0v) is 19.8. The molecule has 1 amide bonds. The highest BCUT2D eigenvalue weighted by molar-refractivity contribution is 7.89. The van der Waals surface area contributed by atoms with Gasteiger partial charge in [0, 0.05) is 36.8 Å². The van der Waals surface area contributed by atoms with Crippen molar-refractivity contribution in [2.24, 2.45) is 0 Å². The molecule has 0 radical (unpaired) electrons. The summed E-state index contributed by atoms with van der Waals surface area (Å²) in [5.41, 5.74) is 2.32. The van der Waals surface area contributed by atoms with Crippen molar-refractivity contribution in [2.75, 3.05) is 11.4 Å². The van der Waals surface area contributed by atoms with E-state index in [1.165, 1.54) is 36.7 Å². The lowest BCUT2D eigenvalue weighted by atomic mass is 10.2. The Labute approximate surface area is 195 Å². The molecule has 12 heteroatoms. The van der Waals surface area contributed by atoms with Gasteiger partial charge in [-0.25, -0.2) is 18.1 Å². The monoisotopic (exact) mass is 488 g/mol. The van der Waals surface area contributed by atoms with Crippen LogP contribution in [0.4, 0.5) is 5.69 Å². The number of aryl methyl sites for hydroxylation is 1. The number of nitrogens with one attached hydrogen (secondary N) is 2. The minimum Gasteiger partial charge on any atom is -0.373 e. The average Bonchev–Trinajstić information content (AvgIpc) is 3.42. The molecule has 0 saturated carbocycles. The predicted molar refractivity (Wildman–Crippen MR) is 123 cm³/mol. The summed E-state index contributed by atoms with van der Waals surface area (Å²) in [6.45, 7) is 4.35. The first-order valence-corrected chi connectivity index (χ1v) is 12.6. The van der Waals surface area contributed by atoms with E-state index >= 15 is 0 Å². The number of carbonyl (C=O) groups is 1. The van der Waals surface area contributed by atoms with E-state index in [4.69, 9.17) is 0 Å². The van der Waals surface area contributed by atoms with Gasteiger partial charge in [-0.3, -0.25) is 20.1 Å². The molecule has 3 N–H and O–H groups in total. The Morgan fingerprint density at radius 2 is 2.03 bits per heavy atom. The summed E-state index contributed by atoms with van der Waals surface area (Å²) >= 11 is 1.54. The molecular formula is C21H24N6O4S2. The molecule has 1 aliphatic heterocycles. The highest BCUT2D eigenvalue weighted by atomic mass is 32.2. The third-order valence-electron chi connectivity index (χ3n) is 5.22. The number of anilines is 1. The number of rotatable bonds is 8. The van der Waals surface area contributed by atoms with Crippen molar-refractivity contribution in [1.82, 2.24) is 25.0 Å². The van der Waals surface area contributed by atoms with Crippen LogP contribution >= 0.6 is 11.3 Å². The zero-order valence-electron chi connectivity index (χ0n) is 18.1. The van der Waals surface area contributed by atoms with E-state index in [1.54, 1.807) is 23.2 Å². The van der Waals surface area contributed by atoms with Crippen molar-refractivity contribution in [1.29, 1.82) is 0 Å². The SMILES string of the molecule is CC(=O)N1CCc2cc(S(=O)(=O)NCc3cnc(C(O)NCc4cnc(C)s4)cn3)ccc21.